The molecule has 0 aliphatic carbocycles. The van der Waals surface area contributed by atoms with Gasteiger partial charge in [-0.25, -0.2) is 0 Å². The lowest BCUT2D eigenvalue weighted by atomic mass is 9.94. The Morgan fingerprint density at radius 3 is 2.44 bits per heavy atom. The van der Waals surface area contributed by atoms with E-state index >= 15 is 0 Å². The molecule has 186 valence electrons. The normalized spacial score (nSPS) is 16.9. The Morgan fingerprint density at radius 2 is 1.81 bits per heavy atom. The van der Waals surface area contributed by atoms with E-state index < -0.39 is 17.7 Å². The number of carbonyl (C=O) groups is 2. The lowest BCUT2D eigenvalue weighted by Crippen LogP contribution is -2.29. The van der Waals surface area contributed by atoms with Crippen molar-refractivity contribution in [2.24, 2.45) is 0 Å². The SMILES string of the molecule is CCCOc1ccc(/C(O)=C2\C(=O)C(=O)N(c3ccc(OC)c(Cl)c3)C2c2cccc(O)c2)cc1C. The summed E-state index contributed by atoms with van der Waals surface area (Å²) in [5, 5.41) is 21.7. The van der Waals surface area contributed by atoms with Crippen LogP contribution in [-0.4, -0.2) is 35.6 Å². The van der Waals surface area contributed by atoms with Crippen molar-refractivity contribution in [2.45, 2.75) is 26.3 Å². The lowest BCUT2D eigenvalue weighted by Gasteiger charge is -2.26. The molecule has 1 unspecified atom stereocenters. The van der Waals surface area contributed by atoms with Crippen LogP contribution >= 0.6 is 11.6 Å². The second-order valence-corrected chi connectivity index (χ2v) is 8.82. The number of phenols is 1. The van der Waals surface area contributed by atoms with Gasteiger partial charge < -0.3 is 19.7 Å². The summed E-state index contributed by atoms with van der Waals surface area (Å²) in [5.74, 6) is -0.964. The van der Waals surface area contributed by atoms with E-state index in [1.807, 2.05) is 13.8 Å². The lowest BCUT2D eigenvalue weighted by molar-refractivity contribution is -0.132. The minimum atomic E-state index is -1.00. The van der Waals surface area contributed by atoms with Crippen LogP contribution in [0.2, 0.25) is 5.02 Å². The highest BCUT2D eigenvalue weighted by molar-refractivity contribution is 6.51. The highest BCUT2D eigenvalue weighted by Crippen LogP contribution is 2.44. The van der Waals surface area contributed by atoms with E-state index in [1.165, 1.54) is 30.2 Å². The Labute approximate surface area is 214 Å². The van der Waals surface area contributed by atoms with E-state index in [4.69, 9.17) is 21.1 Å². The van der Waals surface area contributed by atoms with Gasteiger partial charge in [0, 0.05) is 11.3 Å². The Hall–Kier alpha value is -3.97. The standard InChI is InChI=1S/C28H26ClNO6/c1-4-12-36-22-10-8-18(13-16(22)2)26(32)24-25(17-6-5-7-20(31)14-17)30(28(34)27(24)33)19-9-11-23(35-3)21(29)15-19/h5-11,13-15,25,31-32H,4,12H2,1-3H3/b26-24+. The number of amides is 1. The molecule has 7 nitrogen and oxygen atoms in total. The number of aliphatic hydroxyl groups excluding tert-OH is 1. The molecule has 8 heteroatoms. The summed E-state index contributed by atoms with van der Waals surface area (Å²) in [4.78, 5) is 27.9. The molecule has 36 heavy (non-hydrogen) atoms. The zero-order valence-corrected chi connectivity index (χ0v) is 20.9. The monoisotopic (exact) mass is 507 g/mol. The fourth-order valence-electron chi connectivity index (χ4n) is 4.24. The number of ketones is 1. The van der Waals surface area contributed by atoms with Gasteiger partial charge in [-0.3, -0.25) is 14.5 Å². The maximum absolute atomic E-state index is 13.3. The van der Waals surface area contributed by atoms with Crippen LogP contribution in [0.15, 0.2) is 66.2 Å². The molecule has 1 aliphatic heterocycles. The number of methoxy groups -OCH3 is 1. The van der Waals surface area contributed by atoms with Crippen LogP contribution in [0.5, 0.6) is 17.2 Å². The minimum Gasteiger partial charge on any atom is -0.508 e. The summed E-state index contributed by atoms with van der Waals surface area (Å²) in [5.41, 5.74) is 1.83. The summed E-state index contributed by atoms with van der Waals surface area (Å²) in [7, 11) is 1.47. The maximum Gasteiger partial charge on any atom is 0.300 e. The van der Waals surface area contributed by atoms with E-state index in [0.29, 0.717) is 34.9 Å². The van der Waals surface area contributed by atoms with Gasteiger partial charge in [0.1, 0.15) is 23.0 Å². The molecular weight excluding hydrogens is 482 g/mol. The second-order valence-electron chi connectivity index (χ2n) is 8.41. The van der Waals surface area contributed by atoms with Gasteiger partial charge in [-0.15, -0.1) is 0 Å². The van der Waals surface area contributed by atoms with Gasteiger partial charge in [-0.2, -0.15) is 0 Å². The van der Waals surface area contributed by atoms with Crippen LogP contribution in [0.4, 0.5) is 5.69 Å². The molecule has 3 aromatic carbocycles. The number of aryl methyl sites for hydroxylation is 1. The highest BCUT2D eigenvalue weighted by Gasteiger charge is 2.47. The van der Waals surface area contributed by atoms with Crippen molar-refractivity contribution in [1.29, 1.82) is 0 Å². The molecule has 1 heterocycles. The van der Waals surface area contributed by atoms with Crippen LogP contribution in [0.25, 0.3) is 5.76 Å². The first-order valence-electron chi connectivity index (χ1n) is 11.4. The van der Waals surface area contributed by atoms with E-state index in [9.17, 15) is 19.8 Å². The number of ether oxygens (including phenoxy) is 2. The average Bonchev–Trinajstić information content (AvgIpc) is 3.13. The summed E-state index contributed by atoms with van der Waals surface area (Å²) in [6.45, 7) is 4.40. The number of phenolic OH excluding ortho intramolecular Hbond substituents is 1. The van der Waals surface area contributed by atoms with Crippen LogP contribution in [0, 0.1) is 6.92 Å². The number of rotatable bonds is 7. The first kappa shape index (κ1) is 25.1. The highest BCUT2D eigenvalue weighted by atomic mass is 35.5. The molecule has 1 fully saturated rings. The third-order valence-electron chi connectivity index (χ3n) is 5.95. The van der Waals surface area contributed by atoms with Gasteiger partial charge >= 0.3 is 0 Å². The predicted molar refractivity (Wildman–Crippen MR) is 138 cm³/mol. The van der Waals surface area contributed by atoms with Crippen molar-refractivity contribution >= 4 is 34.7 Å². The zero-order chi connectivity index (χ0) is 26.0. The summed E-state index contributed by atoms with van der Waals surface area (Å²) in [6.07, 6.45) is 0.851. The zero-order valence-electron chi connectivity index (χ0n) is 20.1. The van der Waals surface area contributed by atoms with Gasteiger partial charge in [0.2, 0.25) is 0 Å². The van der Waals surface area contributed by atoms with Gasteiger partial charge in [-0.1, -0.05) is 30.7 Å². The first-order chi connectivity index (χ1) is 17.3. The van der Waals surface area contributed by atoms with Crippen LogP contribution in [-0.2, 0) is 9.59 Å². The second kappa shape index (κ2) is 10.3. The Balaban J connectivity index is 1.89. The van der Waals surface area contributed by atoms with Crippen molar-refractivity contribution in [3.8, 4) is 17.2 Å². The van der Waals surface area contributed by atoms with Crippen LogP contribution in [0.1, 0.15) is 36.1 Å². The third kappa shape index (κ3) is 4.62. The number of nitrogens with zero attached hydrogens (tertiary/aromatic N) is 1. The van der Waals surface area contributed by atoms with Crippen molar-refractivity contribution in [3.05, 3.63) is 87.9 Å². The molecule has 0 saturated carbocycles. The molecule has 0 bridgehead atoms. The number of aliphatic hydroxyl groups is 1. The number of aromatic hydroxyl groups is 1. The number of halogens is 1. The van der Waals surface area contributed by atoms with Crippen LogP contribution in [0.3, 0.4) is 0 Å². The molecule has 3 aromatic rings. The Morgan fingerprint density at radius 1 is 1.06 bits per heavy atom. The molecule has 1 aliphatic rings. The molecular formula is C28H26ClNO6. The number of hydrogen-bond donors (Lipinski definition) is 2. The topological polar surface area (TPSA) is 96.3 Å². The van der Waals surface area contributed by atoms with Gasteiger partial charge in [0.05, 0.1) is 30.4 Å². The maximum atomic E-state index is 13.3. The number of hydrogen-bond acceptors (Lipinski definition) is 6. The number of anilines is 1. The molecule has 0 aromatic heterocycles. The molecule has 1 amide bonds. The summed E-state index contributed by atoms with van der Waals surface area (Å²) in [6, 6.07) is 15.0. The Bertz CT molecular complexity index is 1370. The first-order valence-corrected chi connectivity index (χ1v) is 11.8. The van der Waals surface area contributed by atoms with Crippen molar-refractivity contribution < 1.29 is 29.3 Å². The fraction of sp³-hybridized carbons (Fsp3) is 0.214. The molecule has 4 rings (SSSR count). The summed E-state index contributed by atoms with van der Waals surface area (Å²) < 4.78 is 10.9. The molecule has 1 atom stereocenters. The largest absolute Gasteiger partial charge is 0.508 e. The molecule has 0 radical (unpaired) electrons. The van der Waals surface area contributed by atoms with Gasteiger partial charge in [-0.05, 0) is 73.0 Å². The van der Waals surface area contributed by atoms with E-state index in [1.54, 1.807) is 42.5 Å². The Kier molecular flexibility index (Phi) is 7.22. The van der Waals surface area contributed by atoms with Gasteiger partial charge in [0.15, 0.2) is 0 Å². The van der Waals surface area contributed by atoms with Crippen molar-refractivity contribution in [3.63, 3.8) is 0 Å². The predicted octanol–water partition coefficient (Wildman–Crippen LogP) is 5.78. The van der Waals surface area contributed by atoms with Crippen LogP contribution < -0.4 is 14.4 Å². The van der Waals surface area contributed by atoms with E-state index in [0.717, 1.165) is 12.0 Å². The van der Waals surface area contributed by atoms with Crippen molar-refractivity contribution in [1.82, 2.24) is 0 Å². The third-order valence-corrected chi connectivity index (χ3v) is 6.25. The average molecular weight is 508 g/mol. The molecule has 1 saturated heterocycles. The van der Waals surface area contributed by atoms with E-state index in [-0.39, 0.29) is 22.1 Å². The minimum absolute atomic E-state index is 0.0425. The number of carbonyl (C=O) groups excluding carboxylic acids is 2. The smallest absolute Gasteiger partial charge is 0.300 e. The molecule has 0 spiro atoms. The number of benzene rings is 3. The number of Topliss-reactive ketones (excluding diaryl/α,β-unsaturated/α-hetero) is 1. The van der Waals surface area contributed by atoms with Gasteiger partial charge in [0.25, 0.3) is 11.7 Å². The fourth-order valence-corrected chi connectivity index (χ4v) is 4.49. The summed E-state index contributed by atoms with van der Waals surface area (Å²) >= 11 is 6.31. The molecule has 2 N–H and O–H groups in total. The van der Waals surface area contributed by atoms with Crippen molar-refractivity contribution in [2.75, 3.05) is 18.6 Å². The van der Waals surface area contributed by atoms with E-state index in [2.05, 4.69) is 0 Å². The quantitative estimate of drug-likeness (QED) is 0.239.